The number of hydrogen-bond acceptors (Lipinski definition) is 5. The summed E-state index contributed by atoms with van der Waals surface area (Å²) in [6.07, 6.45) is 3.53. The molecule has 0 aliphatic heterocycles. The molecule has 2 heterocycles. The number of unbranched alkanes of at least 4 members (excludes halogenated alkanes) is 1. The monoisotopic (exact) mass is 381 g/mol. The fourth-order valence-corrected chi connectivity index (χ4v) is 2.90. The van der Waals surface area contributed by atoms with Crippen molar-refractivity contribution in [3.8, 4) is 5.75 Å². The highest BCUT2D eigenvalue weighted by atomic mass is 16.5. The van der Waals surface area contributed by atoms with E-state index < -0.39 is 5.97 Å². The lowest BCUT2D eigenvalue weighted by molar-refractivity contribution is 0.0499. The first-order chi connectivity index (χ1) is 13.5. The fourth-order valence-electron chi connectivity index (χ4n) is 2.90. The van der Waals surface area contributed by atoms with Crippen molar-refractivity contribution in [2.75, 3.05) is 19.0 Å². The van der Waals surface area contributed by atoms with Crippen molar-refractivity contribution >= 4 is 23.2 Å². The largest absolute Gasteiger partial charge is 0.493 e. The molecule has 0 radical (unpaired) electrons. The first-order valence-electron chi connectivity index (χ1n) is 9.15. The number of amides is 1. The number of pyridine rings is 1. The Bertz CT molecular complexity index is 1010. The second kappa shape index (κ2) is 8.56. The maximum absolute atomic E-state index is 12.9. The van der Waals surface area contributed by atoms with Gasteiger partial charge in [0.15, 0.2) is 11.4 Å². The van der Waals surface area contributed by atoms with Crippen LogP contribution in [0.4, 0.5) is 5.69 Å². The van der Waals surface area contributed by atoms with Gasteiger partial charge in [-0.1, -0.05) is 19.4 Å². The van der Waals surface area contributed by atoms with E-state index in [1.54, 1.807) is 61.0 Å². The van der Waals surface area contributed by atoms with Gasteiger partial charge in [0, 0.05) is 11.9 Å². The molecule has 0 aliphatic rings. The predicted molar refractivity (Wildman–Crippen MR) is 106 cm³/mol. The smallest absolute Gasteiger partial charge is 0.338 e. The van der Waals surface area contributed by atoms with Crippen LogP contribution in [0.1, 0.15) is 46.3 Å². The third-order valence-electron chi connectivity index (χ3n) is 4.31. The number of carbonyl (C=O) groups is 2. The first kappa shape index (κ1) is 19.4. The zero-order valence-corrected chi connectivity index (χ0v) is 16.2. The van der Waals surface area contributed by atoms with Crippen LogP contribution in [-0.2, 0) is 4.74 Å². The molecule has 3 rings (SSSR count). The van der Waals surface area contributed by atoms with Gasteiger partial charge in [-0.15, -0.1) is 0 Å². The van der Waals surface area contributed by atoms with Gasteiger partial charge in [0.2, 0.25) is 0 Å². The SMILES string of the molecule is CCCCOC(=O)c1cccc(NC(=O)c2c(C)nc3c(OC)cccn23)c1. The molecule has 28 heavy (non-hydrogen) atoms. The summed E-state index contributed by atoms with van der Waals surface area (Å²) in [5, 5.41) is 2.83. The Hall–Kier alpha value is -3.35. The van der Waals surface area contributed by atoms with E-state index in [4.69, 9.17) is 9.47 Å². The number of imidazole rings is 1. The van der Waals surface area contributed by atoms with Gasteiger partial charge < -0.3 is 14.8 Å². The van der Waals surface area contributed by atoms with E-state index in [2.05, 4.69) is 10.3 Å². The summed E-state index contributed by atoms with van der Waals surface area (Å²) in [7, 11) is 1.56. The molecule has 0 bridgehead atoms. The van der Waals surface area contributed by atoms with Crippen LogP contribution >= 0.6 is 0 Å². The van der Waals surface area contributed by atoms with Crippen LogP contribution in [0.2, 0.25) is 0 Å². The predicted octanol–water partition coefficient (Wildman–Crippen LogP) is 3.86. The summed E-state index contributed by atoms with van der Waals surface area (Å²) in [5.74, 6) is -0.142. The van der Waals surface area contributed by atoms with Crippen molar-refractivity contribution in [3.05, 3.63) is 59.5 Å². The highest BCUT2D eigenvalue weighted by molar-refractivity contribution is 6.05. The maximum atomic E-state index is 12.9. The lowest BCUT2D eigenvalue weighted by Crippen LogP contribution is -2.16. The topological polar surface area (TPSA) is 81.9 Å². The van der Waals surface area contributed by atoms with E-state index in [-0.39, 0.29) is 5.91 Å². The highest BCUT2D eigenvalue weighted by Gasteiger charge is 2.19. The second-order valence-electron chi connectivity index (χ2n) is 6.34. The summed E-state index contributed by atoms with van der Waals surface area (Å²) < 4.78 is 12.2. The number of nitrogens with one attached hydrogen (secondary N) is 1. The van der Waals surface area contributed by atoms with E-state index in [1.807, 2.05) is 6.92 Å². The van der Waals surface area contributed by atoms with Crippen LogP contribution in [0, 0.1) is 6.92 Å². The minimum Gasteiger partial charge on any atom is -0.493 e. The van der Waals surface area contributed by atoms with E-state index in [0.29, 0.717) is 40.6 Å². The van der Waals surface area contributed by atoms with Gasteiger partial charge in [-0.3, -0.25) is 9.20 Å². The molecular formula is C21H23N3O4. The van der Waals surface area contributed by atoms with E-state index in [1.165, 1.54) is 0 Å². The Morgan fingerprint density at radius 1 is 1.21 bits per heavy atom. The zero-order chi connectivity index (χ0) is 20.1. The molecule has 1 N–H and O–H groups in total. The number of nitrogens with zero attached hydrogens (tertiary/aromatic N) is 2. The van der Waals surface area contributed by atoms with Crippen LogP contribution in [0.25, 0.3) is 5.65 Å². The van der Waals surface area contributed by atoms with Gasteiger partial charge >= 0.3 is 5.97 Å². The van der Waals surface area contributed by atoms with Gasteiger partial charge in [0.1, 0.15) is 5.69 Å². The van der Waals surface area contributed by atoms with E-state index in [9.17, 15) is 9.59 Å². The average molecular weight is 381 g/mol. The molecule has 0 unspecified atom stereocenters. The lowest BCUT2D eigenvalue weighted by Gasteiger charge is -2.09. The second-order valence-corrected chi connectivity index (χ2v) is 6.34. The van der Waals surface area contributed by atoms with E-state index >= 15 is 0 Å². The molecule has 7 heteroatoms. The number of methoxy groups -OCH3 is 1. The Morgan fingerprint density at radius 3 is 2.79 bits per heavy atom. The number of rotatable bonds is 7. The molecule has 1 aromatic carbocycles. The van der Waals surface area contributed by atoms with Gasteiger partial charge in [-0.05, 0) is 43.7 Å². The maximum Gasteiger partial charge on any atom is 0.338 e. The summed E-state index contributed by atoms with van der Waals surface area (Å²) >= 11 is 0. The summed E-state index contributed by atoms with van der Waals surface area (Å²) in [6, 6.07) is 10.3. The molecule has 3 aromatic rings. The van der Waals surface area contributed by atoms with Crippen molar-refractivity contribution in [2.24, 2.45) is 0 Å². The molecular weight excluding hydrogens is 358 g/mol. The average Bonchev–Trinajstić information content (AvgIpc) is 3.04. The summed E-state index contributed by atoms with van der Waals surface area (Å²) in [6.45, 7) is 4.18. The van der Waals surface area contributed by atoms with Crippen molar-refractivity contribution in [1.29, 1.82) is 0 Å². The van der Waals surface area contributed by atoms with Gasteiger partial charge in [0.05, 0.1) is 25.0 Å². The minimum absolute atomic E-state index is 0.324. The van der Waals surface area contributed by atoms with Crippen LogP contribution in [0.15, 0.2) is 42.6 Å². The van der Waals surface area contributed by atoms with Crippen LogP contribution in [-0.4, -0.2) is 35.0 Å². The van der Waals surface area contributed by atoms with Gasteiger partial charge in [-0.25, -0.2) is 9.78 Å². The van der Waals surface area contributed by atoms with Crippen LogP contribution in [0.5, 0.6) is 5.75 Å². The number of hydrogen-bond donors (Lipinski definition) is 1. The van der Waals surface area contributed by atoms with Crippen molar-refractivity contribution in [2.45, 2.75) is 26.7 Å². The standard InChI is InChI=1S/C21H23N3O4/c1-4-5-12-28-21(26)15-8-6-9-16(13-15)23-20(25)18-14(2)22-19-17(27-3)10-7-11-24(18)19/h6-11,13H,4-5,12H2,1-3H3,(H,23,25). The number of ether oxygens (including phenoxy) is 2. The minimum atomic E-state index is -0.403. The number of aryl methyl sites for hydroxylation is 1. The molecule has 0 atom stereocenters. The third kappa shape index (κ3) is 3.98. The molecule has 0 saturated heterocycles. The third-order valence-corrected chi connectivity index (χ3v) is 4.31. The van der Waals surface area contributed by atoms with Gasteiger partial charge in [0.25, 0.3) is 5.91 Å². The molecule has 0 aliphatic carbocycles. The number of esters is 1. The Morgan fingerprint density at radius 2 is 2.04 bits per heavy atom. The Balaban J connectivity index is 1.82. The summed E-state index contributed by atoms with van der Waals surface area (Å²) in [5.41, 5.74) is 2.46. The quantitative estimate of drug-likeness (QED) is 0.496. The number of benzene rings is 1. The molecule has 146 valence electrons. The molecule has 7 nitrogen and oxygen atoms in total. The van der Waals surface area contributed by atoms with Crippen LogP contribution in [0.3, 0.4) is 0 Å². The number of carbonyl (C=O) groups excluding carboxylic acids is 2. The Labute approximate surface area is 163 Å². The van der Waals surface area contributed by atoms with Crippen molar-refractivity contribution < 1.29 is 19.1 Å². The number of anilines is 1. The molecule has 0 saturated carbocycles. The summed E-state index contributed by atoms with van der Waals surface area (Å²) in [4.78, 5) is 29.4. The number of fused-ring (bicyclic) bond motifs is 1. The van der Waals surface area contributed by atoms with Crippen LogP contribution < -0.4 is 10.1 Å². The van der Waals surface area contributed by atoms with Gasteiger partial charge in [-0.2, -0.15) is 0 Å². The molecule has 2 aromatic heterocycles. The Kier molecular flexibility index (Phi) is 5.93. The molecule has 1 amide bonds. The zero-order valence-electron chi connectivity index (χ0n) is 16.2. The first-order valence-corrected chi connectivity index (χ1v) is 9.15. The highest BCUT2D eigenvalue weighted by Crippen LogP contribution is 2.22. The van der Waals surface area contributed by atoms with Crippen molar-refractivity contribution in [1.82, 2.24) is 9.38 Å². The molecule has 0 fully saturated rings. The number of aromatic nitrogens is 2. The lowest BCUT2D eigenvalue weighted by atomic mass is 10.2. The normalized spacial score (nSPS) is 10.7. The van der Waals surface area contributed by atoms with Crippen molar-refractivity contribution in [3.63, 3.8) is 0 Å². The molecule has 0 spiro atoms. The fraction of sp³-hybridized carbons (Fsp3) is 0.286. The van der Waals surface area contributed by atoms with E-state index in [0.717, 1.165) is 12.8 Å².